The summed E-state index contributed by atoms with van der Waals surface area (Å²) in [5.41, 5.74) is 1.60. The molecule has 0 aliphatic heterocycles. The molecular weight excluding hydrogens is 278 g/mol. The van der Waals surface area contributed by atoms with Crippen LogP contribution in [-0.4, -0.2) is 29.7 Å². The van der Waals surface area contributed by atoms with Gasteiger partial charge in [-0.3, -0.25) is 14.4 Å². The Bertz CT molecular complexity index is 708. The van der Waals surface area contributed by atoms with Crippen molar-refractivity contribution < 1.29 is 8.42 Å². The molecule has 2 aromatic rings. The van der Waals surface area contributed by atoms with Gasteiger partial charge in [-0.05, 0) is 19.9 Å². The van der Waals surface area contributed by atoms with Gasteiger partial charge in [0.25, 0.3) is 10.0 Å². The summed E-state index contributed by atoms with van der Waals surface area (Å²) >= 11 is 0. The lowest BCUT2D eigenvalue weighted by Crippen LogP contribution is -2.16. The molecule has 108 valence electrons. The summed E-state index contributed by atoms with van der Waals surface area (Å²) in [4.78, 5) is 4.00. The van der Waals surface area contributed by atoms with Crippen molar-refractivity contribution in [3.05, 3.63) is 30.4 Å². The van der Waals surface area contributed by atoms with Crippen LogP contribution in [0.4, 0.5) is 11.4 Å². The van der Waals surface area contributed by atoms with Crippen LogP contribution in [0.2, 0.25) is 0 Å². The topological polar surface area (TPSA) is 88.9 Å². The molecule has 0 saturated heterocycles. The minimum Gasteiger partial charge on any atom is -0.384 e. The molecule has 0 radical (unpaired) electrons. The molecule has 0 amide bonds. The van der Waals surface area contributed by atoms with Gasteiger partial charge in [0, 0.05) is 32.2 Å². The Kier molecular flexibility index (Phi) is 3.93. The van der Waals surface area contributed by atoms with E-state index in [1.165, 1.54) is 6.20 Å². The van der Waals surface area contributed by atoms with E-state index in [2.05, 4.69) is 20.1 Å². The van der Waals surface area contributed by atoms with Crippen molar-refractivity contribution in [3.8, 4) is 0 Å². The number of hydrogen-bond donors (Lipinski definition) is 2. The Morgan fingerprint density at radius 3 is 2.70 bits per heavy atom. The molecule has 0 saturated carbocycles. The van der Waals surface area contributed by atoms with Gasteiger partial charge in [-0.2, -0.15) is 5.10 Å². The Labute approximate surface area is 118 Å². The Morgan fingerprint density at radius 1 is 1.35 bits per heavy atom. The Morgan fingerprint density at radius 2 is 2.10 bits per heavy atom. The molecular formula is C12H17N5O2S. The zero-order valence-electron chi connectivity index (χ0n) is 11.6. The van der Waals surface area contributed by atoms with Gasteiger partial charge in [0.2, 0.25) is 0 Å². The molecule has 0 bridgehead atoms. The van der Waals surface area contributed by atoms with Crippen LogP contribution in [0.1, 0.15) is 12.6 Å². The van der Waals surface area contributed by atoms with Crippen molar-refractivity contribution in [2.75, 3.05) is 16.6 Å². The van der Waals surface area contributed by atoms with Gasteiger partial charge in [-0.15, -0.1) is 0 Å². The largest absolute Gasteiger partial charge is 0.384 e. The third-order valence-corrected chi connectivity index (χ3v) is 4.09. The summed E-state index contributed by atoms with van der Waals surface area (Å²) in [7, 11) is -1.97. The molecule has 2 rings (SSSR count). The summed E-state index contributed by atoms with van der Waals surface area (Å²) < 4.78 is 28.9. The van der Waals surface area contributed by atoms with Crippen LogP contribution >= 0.6 is 0 Å². The fourth-order valence-corrected chi connectivity index (χ4v) is 3.06. The van der Waals surface area contributed by atoms with E-state index in [4.69, 9.17) is 0 Å². The summed E-state index contributed by atoms with van der Waals surface area (Å²) in [6.07, 6.45) is 4.49. The van der Waals surface area contributed by atoms with E-state index >= 15 is 0 Å². The Balaban J connectivity index is 2.38. The highest BCUT2D eigenvalue weighted by Crippen LogP contribution is 2.23. The van der Waals surface area contributed by atoms with Crippen LogP contribution in [0.3, 0.4) is 0 Å². The SMILES string of the molecule is CCNc1ccncc1S(=O)(=O)Nc1cn(C)nc1C. The monoisotopic (exact) mass is 295 g/mol. The maximum atomic E-state index is 12.4. The van der Waals surface area contributed by atoms with Crippen LogP contribution in [0.5, 0.6) is 0 Å². The van der Waals surface area contributed by atoms with E-state index < -0.39 is 10.0 Å². The summed E-state index contributed by atoms with van der Waals surface area (Å²) in [6, 6.07) is 1.63. The molecule has 2 N–H and O–H groups in total. The molecule has 0 spiro atoms. The second-order valence-corrected chi connectivity index (χ2v) is 5.96. The predicted molar refractivity (Wildman–Crippen MR) is 77.2 cm³/mol. The van der Waals surface area contributed by atoms with E-state index in [1.807, 2.05) is 6.92 Å². The molecule has 0 aliphatic carbocycles. The molecule has 0 fully saturated rings. The first-order valence-corrected chi connectivity index (χ1v) is 7.63. The van der Waals surface area contributed by atoms with E-state index in [0.29, 0.717) is 23.6 Å². The maximum absolute atomic E-state index is 12.4. The van der Waals surface area contributed by atoms with Crippen molar-refractivity contribution in [3.63, 3.8) is 0 Å². The standard InChI is InChI=1S/C12H17N5O2S/c1-4-14-10-5-6-13-7-12(10)20(18,19)16-11-8-17(3)15-9(11)2/h5-8,16H,4H2,1-3H3,(H,13,14). The van der Waals surface area contributed by atoms with Crippen molar-refractivity contribution >= 4 is 21.4 Å². The molecule has 7 nitrogen and oxygen atoms in total. The molecule has 2 aromatic heterocycles. The number of pyridine rings is 1. The average Bonchev–Trinajstić information content (AvgIpc) is 2.68. The quantitative estimate of drug-likeness (QED) is 0.869. The van der Waals surface area contributed by atoms with E-state index in [0.717, 1.165) is 0 Å². The number of aryl methyl sites for hydroxylation is 2. The Hall–Kier alpha value is -2.09. The number of nitrogens with zero attached hydrogens (tertiary/aromatic N) is 3. The minimum atomic E-state index is -3.70. The zero-order valence-corrected chi connectivity index (χ0v) is 12.4. The van der Waals surface area contributed by atoms with Crippen molar-refractivity contribution in [2.45, 2.75) is 18.7 Å². The van der Waals surface area contributed by atoms with Gasteiger partial charge >= 0.3 is 0 Å². The van der Waals surface area contributed by atoms with Gasteiger partial charge < -0.3 is 5.32 Å². The smallest absolute Gasteiger partial charge is 0.265 e. The summed E-state index contributed by atoms with van der Waals surface area (Å²) in [6.45, 7) is 4.26. The van der Waals surface area contributed by atoms with Crippen molar-refractivity contribution in [1.29, 1.82) is 0 Å². The summed E-state index contributed by atoms with van der Waals surface area (Å²) in [5.74, 6) is 0. The first kappa shape index (κ1) is 14.3. The lowest BCUT2D eigenvalue weighted by atomic mass is 10.4. The molecule has 0 atom stereocenters. The number of aromatic nitrogens is 3. The van der Waals surface area contributed by atoms with Gasteiger partial charge in [-0.25, -0.2) is 8.42 Å². The van der Waals surface area contributed by atoms with Gasteiger partial charge in [0.15, 0.2) is 0 Å². The number of nitrogens with one attached hydrogen (secondary N) is 2. The number of hydrogen-bond acceptors (Lipinski definition) is 5. The van der Waals surface area contributed by atoms with Crippen LogP contribution in [0.25, 0.3) is 0 Å². The molecule has 0 unspecified atom stereocenters. The van der Waals surface area contributed by atoms with Crippen LogP contribution in [0, 0.1) is 6.92 Å². The molecule has 20 heavy (non-hydrogen) atoms. The molecule has 8 heteroatoms. The minimum absolute atomic E-state index is 0.116. The second-order valence-electron chi connectivity index (χ2n) is 4.31. The van der Waals surface area contributed by atoms with Crippen molar-refractivity contribution in [2.24, 2.45) is 7.05 Å². The second kappa shape index (κ2) is 5.49. The lowest BCUT2D eigenvalue weighted by molar-refractivity contribution is 0.601. The highest BCUT2D eigenvalue weighted by atomic mass is 32.2. The van der Waals surface area contributed by atoms with Gasteiger partial charge in [-0.1, -0.05) is 0 Å². The van der Waals surface area contributed by atoms with E-state index in [-0.39, 0.29) is 4.90 Å². The van der Waals surface area contributed by atoms with E-state index in [1.54, 1.807) is 37.1 Å². The predicted octanol–water partition coefficient (Wildman–Crippen LogP) is 1.36. The molecule has 0 aromatic carbocycles. The first-order valence-electron chi connectivity index (χ1n) is 6.15. The number of rotatable bonds is 5. The van der Waals surface area contributed by atoms with Crippen molar-refractivity contribution in [1.82, 2.24) is 14.8 Å². The highest BCUT2D eigenvalue weighted by molar-refractivity contribution is 7.92. The zero-order chi connectivity index (χ0) is 14.8. The summed E-state index contributed by atoms with van der Waals surface area (Å²) in [5, 5.41) is 7.11. The van der Waals surface area contributed by atoms with Gasteiger partial charge in [0.1, 0.15) is 4.90 Å². The number of anilines is 2. The third-order valence-electron chi connectivity index (χ3n) is 2.70. The normalized spacial score (nSPS) is 11.3. The average molecular weight is 295 g/mol. The maximum Gasteiger partial charge on any atom is 0.265 e. The first-order chi connectivity index (χ1) is 9.44. The molecule has 2 heterocycles. The van der Waals surface area contributed by atoms with Crippen LogP contribution in [0.15, 0.2) is 29.6 Å². The number of sulfonamides is 1. The van der Waals surface area contributed by atoms with E-state index in [9.17, 15) is 8.42 Å². The van der Waals surface area contributed by atoms with Crippen LogP contribution in [-0.2, 0) is 17.1 Å². The fraction of sp³-hybridized carbons (Fsp3) is 0.333. The highest BCUT2D eigenvalue weighted by Gasteiger charge is 2.20. The third kappa shape index (κ3) is 2.90. The van der Waals surface area contributed by atoms with Crippen LogP contribution < -0.4 is 10.0 Å². The fourth-order valence-electron chi connectivity index (χ4n) is 1.83. The van der Waals surface area contributed by atoms with Gasteiger partial charge in [0.05, 0.1) is 17.1 Å². The molecule has 0 aliphatic rings. The lowest BCUT2D eigenvalue weighted by Gasteiger charge is -2.11.